The van der Waals surface area contributed by atoms with Gasteiger partial charge in [0, 0.05) is 6.42 Å². The third kappa shape index (κ3) is 3.14. The summed E-state index contributed by atoms with van der Waals surface area (Å²) in [6.45, 7) is 7.16. The molecule has 10 atom stereocenters. The first-order valence-electron chi connectivity index (χ1n) is 11.7. The molecule has 0 aliphatic heterocycles. The fourth-order valence-corrected chi connectivity index (χ4v) is 8.73. The highest BCUT2D eigenvalue weighted by molar-refractivity contribution is 5.66. The van der Waals surface area contributed by atoms with Gasteiger partial charge in [-0.3, -0.25) is 4.79 Å². The molecule has 0 spiro atoms. The van der Waals surface area contributed by atoms with E-state index in [4.69, 9.17) is 5.11 Å². The molecular weight excluding hydrogens is 352 g/mol. The van der Waals surface area contributed by atoms with E-state index in [1.807, 2.05) is 0 Å². The molecule has 4 fully saturated rings. The van der Waals surface area contributed by atoms with Crippen molar-refractivity contribution in [1.82, 2.24) is 0 Å². The smallest absolute Gasteiger partial charge is 0.303 e. The lowest BCUT2D eigenvalue weighted by Gasteiger charge is -2.62. The van der Waals surface area contributed by atoms with Crippen molar-refractivity contribution in [2.24, 2.45) is 46.3 Å². The van der Waals surface area contributed by atoms with Crippen molar-refractivity contribution in [2.75, 3.05) is 0 Å². The van der Waals surface area contributed by atoms with Crippen LogP contribution in [0.4, 0.5) is 0 Å². The quantitative estimate of drug-likeness (QED) is 0.659. The summed E-state index contributed by atoms with van der Waals surface area (Å²) in [4.78, 5) is 11.1. The molecule has 4 heteroatoms. The second-order valence-corrected chi connectivity index (χ2v) is 11.4. The first-order chi connectivity index (χ1) is 13.2. The van der Waals surface area contributed by atoms with E-state index in [0.29, 0.717) is 35.5 Å². The largest absolute Gasteiger partial charge is 0.481 e. The zero-order valence-electron chi connectivity index (χ0n) is 17.9. The molecule has 0 aromatic carbocycles. The van der Waals surface area contributed by atoms with E-state index < -0.39 is 5.97 Å². The Balaban J connectivity index is 1.55. The Hall–Kier alpha value is -0.610. The van der Waals surface area contributed by atoms with Crippen LogP contribution in [0.3, 0.4) is 0 Å². The molecule has 3 N–H and O–H groups in total. The summed E-state index contributed by atoms with van der Waals surface area (Å²) >= 11 is 0. The lowest BCUT2D eigenvalue weighted by Crippen LogP contribution is -2.58. The lowest BCUT2D eigenvalue weighted by molar-refractivity contribution is -0.174. The molecule has 0 bridgehead atoms. The summed E-state index contributed by atoms with van der Waals surface area (Å²) in [5.74, 6) is 2.36. The van der Waals surface area contributed by atoms with Gasteiger partial charge in [-0.25, -0.2) is 0 Å². The molecule has 0 unspecified atom stereocenters. The van der Waals surface area contributed by atoms with Crippen LogP contribution in [-0.2, 0) is 4.79 Å². The lowest BCUT2D eigenvalue weighted by atomic mass is 9.43. The monoisotopic (exact) mass is 392 g/mol. The molecule has 160 valence electrons. The molecule has 0 aromatic heterocycles. The van der Waals surface area contributed by atoms with E-state index in [2.05, 4.69) is 20.8 Å². The highest BCUT2D eigenvalue weighted by Gasteiger charge is 2.62. The minimum Gasteiger partial charge on any atom is -0.481 e. The van der Waals surface area contributed by atoms with E-state index in [1.165, 1.54) is 25.7 Å². The number of hydrogen-bond donors (Lipinski definition) is 3. The molecule has 4 aliphatic carbocycles. The van der Waals surface area contributed by atoms with Crippen molar-refractivity contribution < 1.29 is 20.1 Å². The average Bonchev–Trinajstić information content (AvgIpc) is 2.98. The van der Waals surface area contributed by atoms with Crippen LogP contribution in [-0.4, -0.2) is 33.5 Å². The zero-order valence-corrected chi connectivity index (χ0v) is 17.9. The normalized spacial score (nSPS) is 51.7. The fourth-order valence-electron chi connectivity index (χ4n) is 8.73. The minimum absolute atomic E-state index is 0.179. The van der Waals surface area contributed by atoms with Gasteiger partial charge in [-0.05, 0) is 104 Å². The predicted molar refractivity (Wildman–Crippen MR) is 109 cm³/mol. The van der Waals surface area contributed by atoms with Crippen molar-refractivity contribution in [2.45, 2.75) is 97.2 Å². The number of carboxylic acids is 1. The Labute approximate surface area is 170 Å². The summed E-state index contributed by atoms with van der Waals surface area (Å²) < 4.78 is 0. The Morgan fingerprint density at radius 1 is 1.00 bits per heavy atom. The van der Waals surface area contributed by atoms with Crippen LogP contribution in [0, 0.1) is 46.3 Å². The second-order valence-electron chi connectivity index (χ2n) is 11.4. The highest BCUT2D eigenvalue weighted by atomic mass is 16.4. The van der Waals surface area contributed by atoms with Crippen molar-refractivity contribution >= 4 is 5.97 Å². The van der Waals surface area contributed by atoms with Crippen LogP contribution in [0.2, 0.25) is 0 Å². The average molecular weight is 393 g/mol. The van der Waals surface area contributed by atoms with Gasteiger partial charge in [0.05, 0.1) is 12.2 Å². The first kappa shape index (κ1) is 20.7. The maximum Gasteiger partial charge on any atom is 0.303 e. The van der Waals surface area contributed by atoms with Gasteiger partial charge in [0.1, 0.15) is 0 Å². The summed E-state index contributed by atoms with van der Waals surface area (Å²) in [6.07, 6.45) is 9.19. The fraction of sp³-hybridized carbons (Fsp3) is 0.958. The Morgan fingerprint density at radius 3 is 2.39 bits per heavy atom. The summed E-state index contributed by atoms with van der Waals surface area (Å²) in [5, 5.41) is 30.5. The summed E-state index contributed by atoms with van der Waals surface area (Å²) in [6, 6.07) is 0. The minimum atomic E-state index is -0.684. The Morgan fingerprint density at radius 2 is 1.68 bits per heavy atom. The van der Waals surface area contributed by atoms with E-state index >= 15 is 0 Å². The maximum atomic E-state index is 11.2. The number of hydrogen-bond acceptors (Lipinski definition) is 3. The molecule has 4 nitrogen and oxygen atoms in total. The van der Waals surface area contributed by atoms with Crippen LogP contribution >= 0.6 is 0 Å². The van der Waals surface area contributed by atoms with Crippen LogP contribution in [0.5, 0.6) is 0 Å². The Bertz CT molecular complexity index is 605. The van der Waals surface area contributed by atoms with Gasteiger partial charge >= 0.3 is 5.97 Å². The molecule has 4 rings (SSSR count). The topological polar surface area (TPSA) is 77.8 Å². The molecule has 0 aromatic rings. The summed E-state index contributed by atoms with van der Waals surface area (Å²) in [7, 11) is 0. The molecule has 0 heterocycles. The third-order valence-corrected chi connectivity index (χ3v) is 10.2. The van der Waals surface area contributed by atoms with Crippen molar-refractivity contribution in [1.29, 1.82) is 0 Å². The van der Waals surface area contributed by atoms with Crippen LogP contribution in [0.25, 0.3) is 0 Å². The van der Waals surface area contributed by atoms with E-state index in [1.54, 1.807) is 0 Å². The zero-order chi connectivity index (χ0) is 20.3. The molecule has 4 saturated carbocycles. The van der Waals surface area contributed by atoms with Crippen LogP contribution in [0.1, 0.15) is 85.0 Å². The molecule has 0 saturated heterocycles. The molecule has 4 aliphatic rings. The standard InChI is InChI=1S/C24H40O4/c1-14(4-7-21(27)28)17-5-6-18-22-19(9-11-24(17,18)3)23(2)10-8-16(25)12-15(23)13-20(22)26/h14-20,22,25-26H,4-13H2,1-3H3,(H,27,28)/t14-,15+,16-,17+,18-,19+,20+,22+,23-,24+/m0/s1. The van der Waals surface area contributed by atoms with E-state index in [-0.39, 0.29) is 29.5 Å². The van der Waals surface area contributed by atoms with Gasteiger partial charge in [0.15, 0.2) is 0 Å². The first-order valence-corrected chi connectivity index (χ1v) is 11.7. The number of aliphatic hydroxyl groups is 2. The van der Waals surface area contributed by atoms with E-state index in [0.717, 1.165) is 32.1 Å². The maximum absolute atomic E-state index is 11.2. The number of aliphatic carboxylic acids is 1. The van der Waals surface area contributed by atoms with Gasteiger partial charge in [0.25, 0.3) is 0 Å². The number of fused-ring (bicyclic) bond motifs is 5. The molecular formula is C24H40O4. The number of carboxylic acid groups (broad SMARTS) is 1. The van der Waals surface area contributed by atoms with Crippen LogP contribution in [0.15, 0.2) is 0 Å². The molecule has 28 heavy (non-hydrogen) atoms. The summed E-state index contributed by atoms with van der Waals surface area (Å²) in [5.41, 5.74) is 0.523. The van der Waals surface area contributed by atoms with Crippen molar-refractivity contribution in [3.05, 3.63) is 0 Å². The number of carbonyl (C=O) groups is 1. The number of rotatable bonds is 4. The predicted octanol–water partition coefficient (Wildman–Crippen LogP) is 4.48. The van der Waals surface area contributed by atoms with Crippen molar-refractivity contribution in [3.63, 3.8) is 0 Å². The number of aliphatic hydroxyl groups excluding tert-OH is 2. The SMILES string of the molecule is C[C@@H](CCC(=O)O)[C@H]1CC[C@H]2[C@H]3[C@H](O)C[C@H]4C[C@@H](O)CC[C@]4(C)[C@@H]3CC[C@]12C. The van der Waals surface area contributed by atoms with E-state index in [9.17, 15) is 15.0 Å². The van der Waals surface area contributed by atoms with Gasteiger partial charge in [0.2, 0.25) is 0 Å². The molecule has 0 radical (unpaired) electrons. The highest BCUT2D eigenvalue weighted by Crippen LogP contribution is 2.68. The van der Waals surface area contributed by atoms with Gasteiger partial charge < -0.3 is 15.3 Å². The third-order valence-electron chi connectivity index (χ3n) is 10.2. The van der Waals surface area contributed by atoms with Gasteiger partial charge in [-0.15, -0.1) is 0 Å². The van der Waals surface area contributed by atoms with Crippen molar-refractivity contribution in [3.8, 4) is 0 Å². The van der Waals surface area contributed by atoms with Gasteiger partial charge in [-0.1, -0.05) is 20.8 Å². The van der Waals surface area contributed by atoms with Gasteiger partial charge in [-0.2, -0.15) is 0 Å². The Kier molecular flexibility index (Phi) is 5.36. The molecule has 0 amide bonds. The van der Waals surface area contributed by atoms with Crippen LogP contribution < -0.4 is 0 Å². The second kappa shape index (κ2) is 7.27.